The van der Waals surface area contributed by atoms with Crippen molar-refractivity contribution in [2.45, 2.75) is 60.5 Å². The molecule has 0 aromatic rings. The molecule has 0 spiro atoms. The Labute approximate surface area is 103 Å². The van der Waals surface area contributed by atoms with E-state index >= 15 is 0 Å². The quantitative estimate of drug-likeness (QED) is 0.414. The van der Waals surface area contributed by atoms with Crippen LogP contribution in [0.3, 0.4) is 0 Å². The zero-order chi connectivity index (χ0) is 12.6. The summed E-state index contributed by atoms with van der Waals surface area (Å²) in [6.45, 7) is 13.9. The topological polar surface area (TPSA) is 0 Å². The van der Waals surface area contributed by atoms with Crippen LogP contribution in [0.4, 0.5) is 0 Å². The summed E-state index contributed by atoms with van der Waals surface area (Å²) < 4.78 is 0. The van der Waals surface area contributed by atoms with Gasteiger partial charge >= 0.3 is 0 Å². The molecule has 0 aromatic heterocycles. The molecule has 0 N–H and O–H groups in total. The van der Waals surface area contributed by atoms with Gasteiger partial charge in [0.05, 0.1) is 0 Å². The molecular formula is C15H27B. The van der Waals surface area contributed by atoms with Crippen molar-refractivity contribution in [2.75, 3.05) is 0 Å². The van der Waals surface area contributed by atoms with E-state index in [9.17, 15) is 0 Å². The average Bonchev–Trinajstić information content (AvgIpc) is 2.28. The third-order valence-corrected chi connectivity index (χ3v) is 3.31. The van der Waals surface area contributed by atoms with E-state index in [0.29, 0.717) is 0 Å². The van der Waals surface area contributed by atoms with E-state index in [1.165, 1.54) is 35.7 Å². The Kier molecular flexibility index (Phi) is 8.06. The molecule has 90 valence electrons. The van der Waals surface area contributed by atoms with Crippen molar-refractivity contribution in [1.82, 2.24) is 0 Å². The van der Waals surface area contributed by atoms with Gasteiger partial charge in [-0.2, -0.15) is 0 Å². The number of hydrogen-bond donors (Lipinski definition) is 0. The molecule has 0 amide bonds. The third kappa shape index (κ3) is 6.71. The van der Waals surface area contributed by atoms with E-state index in [-0.39, 0.29) is 0 Å². The molecule has 1 heteroatoms. The van der Waals surface area contributed by atoms with Crippen LogP contribution in [0.5, 0.6) is 0 Å². The van der Waals surface area contributed by atoms with Crippen LogP contribution in [0.1, 0.15) is 41.5 Å². The first kappa shape index (κ1) is 15.3. The van der Waals surface area contributed by atoms with Crippen molar-refractivity contribution in [1.29, 1.82) is 0 Å². The average molecular weight is 218 g/mol. The van der Waals surface area contributed by atoms with Gasteiger partial charge in [0.1, 0.15) is 0 Å². The minimum absolute atomic E-state index is 0.767. The van der Waals surface area contributed by atoms with Crippen LogP contribution in [-0.2, 0) is 0 Å². The standard InChI is InChI=1S/C15H27B/c1-7-13(4)10-16(11-14(5)8-2)12-15(6)9-3/h7-9H,10-12H2,1-6H3/b13-7+,14-8+,15-9+. The summed E-state index contributed by atoms with van der Waals surface area (Å²) in [7, 11) is 0. The van der Waals surface area contributed by atoms with Crippen molar-refractivity contribution in [3.8, 4) is 0 Å². The highest BCUT2D eigenvalue weighted by molar-refractivity contribution is 6.60. The highest BCUT2D eigenvalue weighted by Gasteiger charge is 2.14. The van der Waals surface area contributed by atoms with Gasteiger partial charge in [-0.25, -0.2) is 0 Å². The minimum Gasteiger partial charge on any atom is -0.0894 e. The Morgan fingerprint density at radius 3 is 1.12 bits per heavy atom. The molecule has 0 fully saturated rings. The van der Waals surface area contributed by atoms with Gasteiger partial charge in [-0.15, -0.1) is 0 Å². The predicted molar refractivity (Wildman–Crippen MR) is 78.5 cm³/mol. The summed E-state index contributed by atoms with van der Waals surface area (Å²) in [5.74, 6) is 0. The Balaban J connectivity index is 4.50. The van der Waals surface area contributed by atoms with E-state index in [0.717, 1.165) is 6.71 Å². The fourth-order valence-corrected chi connectivity index (χ4v) is 1.94. The maximum atomic E-state index is 2.24. The maximum absolute atomic E-state index is 2.24. The number of hydrogen-bond acceptors (Lipinski definition) is 0. The normalized spacial score (nSPS) is 14.2. The molecule has 0 aliphatic heterocycles. The lowest BCUT2D eigenvalue weighted by atomic mass is 9.40. The van der Waals surface area contributed by atoms with Crippen LogP contribution in [0.15, 0.2) is 34.9 Å². The molecule has 0 nitrogen and oxygen atoms in total. The van der Waals surface area contributed by atoms with E-state index in [1.807, 2.05) is 0 Å². The molecule has 0 heterocycles. The lowest BCUT2D eigenvalue weighted by Gasteiger charge is -2.14. The van der Waals surface area contributed by atoms with Crippen molar-refractivity contribution >= 4 is 6.71 Å². The Bertz CT molecular complexity index is 234. The van der Waals surface area contributed by atoms with Crippen molar-refractivity contribution < 1.29 is 0 Å². The van der Waals surface area contributed by atoms with Gasteiger partial charge in [-0.3, -0.25) is 0 Å². The number of allylic oxidation sites excluding steroid dienone is 6. The highest BCUT2D eigenvalue weighted by atomic mass is 13.9. The minimum atomic E-state index is 0.767. The molecule has 16 heavy (non-hydrogen) atoms. The van der Waals surface area contributed by atoms with Crippen molar-refractivity contribution in [3.05, 3.63) is 34.9 Å². The summed E-state index contributed by atoms with van der Waals surface area (Å²) >= 11 is 0. The third-order valence-electron chi connectivity index (χ3n) is 3.31. The van der Waals surface area contributed by atoms with Gasteiger partial charge in [0.15, 0.2) is 6.71 Å². The first-order chi connectivity index (χ1) is 7.53. The molecule has 0 bridgehead atoms. The van der Waals surface area contributed by atoms with Gasteiger partial charge in [0, 0.05) is 0 Å². The highest BCUT2D eigenvalue weighted by Crippen LogP contribution is 2.20. The molecule has 0 aromatic carbocycles. The molecular weight excluding hydrogens is 191 g/mol. The molecule has 0 saturated heterocycles. The first-order valence-corrected chi connectivity index (χ1v) is 6.38. The van der Waals surface area contributed by atoms with Gasteiger partial charge in [0.2, 0.25) is 0 Å². The molecule has 0 unspecified atom stereocenters. The van der Waals surface area contributed by atoms with Crippen LogP contribution in [-0.4, -0.2) is 6.71 Å². The van der Waals surface area contributed by atoms with E-state index < -0.39 is 0 Å². The predicted octanol–water partition coefficient (Wildman–Crippen LogP) is 5.38. The largest absolute Gasteiger partial charge is 0.152 e. The second kappa shape index (κ2) is 8.44. The zero-order valence-corrected chi connectivity index (χ0v) is 11.9. The zero-order valence-electron chi connectivity index (χ0n) is 11.9. The molecule has 0 rings (SSSR count). The van der Waals surface area contributed by atoms with Gasteiger partial charge in [-0.05, 0) is 41.5 Å². The second-order valence-electron chi connectivity index (χ2n) is 4.88. The van der Waals surface area contributed by atoms with Crippen molar-refractivity contribution in [3.63, 3.8) is 0 Å². The second-order valence-corrected chi connectivity index (χ2v) is 4.88. The summed E-state index contributed by atoms with van der Waals surface area (Å²) in [4.78, 5) is 0. The van der Waals surface area contributed by atoms with E-state index in [4.69, 9.17) is 0 Å². The molecule has 0 saturated carbocycles. The summed E-state index contributed by atoms with van der Waals surface area (Å²) in [6, 6.07) is 0. The van der Waals surface area contributed by atoms with Crippen LogP contribution >= 0.6 is 0 Å². The Morgan fingerprint density at radius 2 is 0.938 bits per heavy atom. The smallest absolute Gasteiger partial charge is 0.0894 e. The van der Waals surface area contributed by atoms with E-state index in [1.54, 1.807) is 0 Å². The van der Waals surface area contributed by atoms with Gasteiger partial charge in [-0.1, -0.05) is 53.9 Å². The van der Waals surface area contributed by atoms with Crippen LogP contribution in [0, 0.1) is 0 Å². The summed E-state index contributed by atoms with van der Waals surface area (Å²) in [5.41, 5.74) is 4.54. The first-order valence-electron chi connectivity index (χ1n) is 6.38. The lowest BCUT2D eigenvalue weighted by Crippen LogP contribution is -2.13. The van der Waals surface area contributed by atoms with Crippen LogP contribution in [0.25, 0.3) is 0 Å². The van der Waals surface area contributed by atoms with Crippen molar-refractivity contribution in [2.24, 2.45) is 0 Å². The fourth-order valence-electron chi connectivity index (χ4n) is 1.94. The van der Waals surface area contributed by atoms with E-state index in [2.05, 4.69) is 59.8 Å². The Hall–Kier alpha value is -0.715. The fraction of sp³-hybridized carbons (Fsp3) is 0.600. The van der Waals surface area contributed by atoms with Crippen LogP contribution < -0.4 is 0 Å². The summed E-state index contributed by atoms with van der Waals surface area (Å²) in [5, 5.41) is 0. The Morgan fingerprint density at radius 1 is 0.688 bits per heavy atom. The maximum Gasteiger partial charge on any atom is 0.152 e. The lowest BCUT2D eigenvalue weighted by molar-refractivity contribution is 1.21. The monoisotopic (exact) mass is 218 g/mol. The molecule has 0 radical (unpaired) electrons. The van der Waals surface area contributed by atoms with Gasteiger partial charge < -0.3 is 0 Å². The summed E-state index contributed by atoms with van der Waals surface area (Å²) in [6.07, 6.45) is 10.4. The molecule has 0 atom stereocenters. The number of rotatable bonds is 6. The van der Waals surface area contributed by atoms with Gasteiger partial charge in [0.25, 0.3) is 0 Å². The SMILES string of the molecule is C/C=C(\C)CB(C/C(C)=C/C)C/C(C)=C/C. The molecule has 0 aliphatic rings. The molecule has 0 aliphatic carbocycles. The van der Waals surface area contributed by atoms with Crippen LogP contribution in [0.2, 0.25) is 19.0 Å².